The summed E-state index contributed by atoms with van der Waals surface area (Å²) in [5.41, 5.74) is 0.922. The van der Waals surface area contributed by atoms with Crippen LogP contribution in [0, 0.1) is 17.1 Å². The molecular formula is C12H12FNS. The second-order valence-electron chi connectivity index (χ2n) is 3.86. The molecule has 1 unspecified atom stereocenters. The molecule has 0 aromatic heterocycles. The van der Waals surface area contributed by atoms with Gasteiger partial charge in [-0.1, -0.05) is 12.1 Å². The first kappa shape index (κ1) is 10.5. The summed E-state index contributed by atoms with van der Waals surface area (Å²) in [6.07, 6.45) is 2.67. The van der Waals surface area contributed by atoms with E-state index in [1.54, 1.807) is 17.8 Å². The Balaban J connectivity index is 2.17. The first-order valence-corrected chi connectivity index (χ1v) is 6.02. The zero-order chi connectivity index (χ0) is 10.7. The number of thioether (sulfide) groups is 1. The van der Waals surface area contributed by atoms with Crippen LogP contribution in [0.1, 0.15) is 18.4 Å². The van der Waals surface area contributed by atoms with Crippen LogP contribution in [0.3, 0.4) is 0 Å². The van der Waals surface area contributed by atoms with Gasteiger partial charge in [-0.05, 0) is 36.3 Å². The van der Waals surface area contributed by atoms with E-state index in [-0.39, 0.29) is 10.6 Å². The summed E-state index contributed by atoms with van der Waals surface area (Å²) in [4.78, 5) is 0. The van der Waals surface area contributed by atoms with Crippen LogP contribution in [0.2, 0.25) is 0 Å². The Labute approximate surface area is 93.3 Å². The number of halogens is 1. The molecule has 15 heavy (non-hydrogen) atoms. The summed E-state index contributed by atoms with van der Waals surface area (Å²) >= 11 is 1.71. The minimum Gasteiger partial charge on any atom is -0.207 e. The monoisotopic (exact) mass is 221 g/mol. The number of rotatable bonds is 2. The first-order valence-electron chi connectivity index (χ1n) is 5.04. The van der Waals surface area contributed by atoms with Gasteiger partial charge < -0.3 is 0 Å². The highest BCUT2D eigenvalue weighted by atomic mass is 32.2. The van der Waals surface area contributed by atoms with Crippen LogP contribution in [0.5, 0.6) is 0 Å². The number of hydrogen-bond donors (Lipinski definition) is 0. The Morgan fingerprint density at radius 1 is 1.53 bits per heavy atom. The predicted molar refractivity (Wildman–Crippen MR) is 60.1 cm³/mol. The van der Waals surface area contributed by atoms with Crippen molar-refractivity contribution in [3.8, 4) is 6.07 Å². The quantitative estimate of drug-likeness (QED) is 0.766. The van der Waals surface area contributed by atoms with Gasteiger partial charge in [0.1, 0.15) is 10.6 Å². The Hall–Kier alpha value is -1.01. The fourth-order valence-corrected chi connectivity index (χ4v) is 3.24. The van der Waals surface area contributed by atoms with E-state index in [9.17, 15) is 9.65 Å². The molecule has 3 heteroatoms. The molecule has 0 aliphatic carbocycles. The van der Waals surface area contributed by atoms with Crippen LogP contribution >= 0.6 is 11.8 Å². The highest BCUT2D eigenvalue weighted by molar-refractivity contribution is 8.01. The molecule has 78 valence electrons. The van der Waals surface area contributed by atoms with E-state index in [2.05, 4.69) is 6.07 Å². The van der Waals surface area contributed by atoms with Gasteiger partial charge in [-0.2, -0.15) is 5.26 Å². The fourth-order valence-electron chi connectivity index (χ4n) is 1.94. The Morgan fingerprint density at radius 3 is 3.00 bits per heavy atom. The molecule has 1 heterocycles. The summed E-state index contributed by atoms with van der Waals surface area (Å²) in [6.45, 7) is 0. The van der Waals surface area contributed by atoms with Gasteiger partial charge in [0.2, 0.25) is 0 Å². The Morgan fingerprint density at radius 2 is 2.40 bits per heavy atom. The van der Waals surface area contributed by atoms with Crippen LogP contribution in [-0.4, -0.2) is 10.5 Å². The molecule has 0 saturated carbocycles. The van der Waals surface area contributed by atoms with E-state index in [1.165, 1.54) is 12.1 Å². The summed E-state index contributed by atoms with van der Waals surface area (Å²) in [6, 6.07) is 8.94. The van der Waals surface area contributed by atoms with Gasteiger partial charge in [-0.15, -0.1) is 11.8 Å². The molecule has 0 spiro atoms. The van der Waals surface area contributed by atoms with Crippen molar-refractivity contribution in [3.05, 3.63) is 35.6 Å². The fraction of sp³-hybridized carbons (Fsp3) is 0.417. The summed E-state index contributed by atoms with van der Waals surface area (Å²) in [7, 11) is 0. The average molecular weight is 221 g/mol. The lowest BCUT2D eigenvalue weighted by atomic mass is 9.96. The minimum absolute atomic E-state index is 0.219. The largest absolute Gasteiger partial charge is 0.207 e. The zero-order valence-corrected chi connectivity index (χ0v) is 9.19. The molecule has 1 aliphatic heterocycles. The van der Waals surface area contributed by atoms with E-state index in [0.29, 0.717) is 6.42 Å². The molecule has 1 aromatic carbocycles. The lowest BCUT2D eigenvalue weighted by Gasteiger charge is -2.18. The van der Waals surface area contributed by atoms with Crippen LogP contribution in [0.25, 0.3) is 0 Å². The van der Waals surface area contributed by atoms with Gasteiger partial charge in [0.25, 0.3) is 0 Å². The first-order chi connectivity index (χ1) is 7.24. The molecule has 1 aromatic rings. The van der Waals surface area contributed by atoms with Crippen LogP contribution in [0.15, 0.2) is 24.3 Å². The molecule has 1 fully saturated rings. The smallest absolute Gasteiger partial charge is 0.123 e. The summed E-state index contributed by atoms with van der Waals surface area (Å²) < 4.78 is 12.7. The standard InChI is InChI=1S/C12H12FNS/c13-11-4-1-3-10(7-11)8-12(9-14)5-2-6-15-12/h1,3-4,7H,2,5-6,8H2. The van der Waals surface area contributed by atoms with Crippen molar-refractivity contribution in [2.45, 2.75) is 24.0 Å². The van der Waals surface area contributed by atoms with E-state index in [4.69, 9.17) is 0 Å². The normalized spacial score (nSPS) is 25.1. The van der Waals surface area contributed by atoms with Gasteiger partial charge in [0.15, 0.2) is 0 Å². The molecule has 1 aliphatic rings. The number of nitriles is 1. The third-order valence-electron chi connectivity index (χ3n) is 2.69. The molecule has 0 N–H and O–H groups in total. The van der Waals surface area contributed by atoms with Crippen molar-refractivity contribution in [3.63, 3.8) is 0 Å². The van der Waals surface area contributed by atoms with E-state index in [0.717, 1.165) is 24.2 Å². The molecule has 1 nitrogen and oxygen atoms in total. The van der Waals surface area contributed by atoms with Crippen molar-refractivity contribution in [2.24, 2.45) is 0 Å². The number of nitrogens with zero attached hydrogens (tertiary/aromatic N) is 1. The lowest BCUT2D eigenvalue weighted by Crippen LogP contribution is -2.21. The minimum atomic E-state index is -0.312. The highest BCUT2D eigenvalue weighted by Gasteiger charge is 2.34. The number of hydrogen-bond acceptors (Lipinski definition) is 2. The van der Waals surface area contributed by atoms with Crippen LogP contribution in [-0.2, 0) is 6.42 Å². The SMILES string of the molecule is N#CC1(Cc2cccc(F)c2)CCCS1. The van der Waals surface area contributed by atoms with Crippen molar-refractivity contribution < 1.29 is 4.39 Å². The number of benzene rings is 1. The molecule has 1 atom stereocenters. The summed E-state index contributed by atoms with van der Waals surface area (Å²) in [5.74, 6) is 0.826. The third-order valence-corrected chi connectivity index (χ3v) is 4.17. The Kier molecular flexibility index (Phi) is 2.97. The van der Waals surface area contributed by atoms with Crippen LogP contribution in [0.4, 0.5) is 4.39 Å². The predicted octanol–water partition coefficient (Wildman–Crippen LogP) is 3.16. The molecule has 2 rings (SSSR count). The van der Waals surface area contributed by atoms with Crippen molar-refractivity contribution in [1.29, 1.82) is 5.26 Å². The second-order valence-corrected chi connectivity index (χ2v) is 5.34. The highest BCUT2D eigenvalue weighted by Crippen LogP contribution is 2.40. The summed E-state index contributed by atoms with van der Waals surface area (Å²) in [5, 5.41) is 9.18. The maximum atomic E-state index is 13.0. The zero-order valence-electron chi connectivity index (χ0n) is 8.37. The Bertz CT molecular complexity index is 391. The molecule has 0 amide bonds. The lowest BCUT2D eigenvalue weighted by molar-refractivity contribution is 0.619. The van der Waals surface area contributed by atoms with Crippen LogP contribution < -0.4 is 0 Å². The van der Waals surface area contributed by atoms with Gasteiger partial charge in [0.05, 0.1) is 6.07 Å². The topological polar surface area (TPSA) is 23.8 Å². The van der Waals surface area contributed by atoms with Gasteiger partial charge in [-0.25, -0.2) is 4.39 Å². The van der Waals surface area contributed by atoms with E-state index >= 15 is 0 Å². The van der Waals surface area contributed by atoms with Gasteiger partial charge in [-0.3, -0.25) is 0 Å². The van der Waals surface area contributed by atoms with Crippen molar-refractivity contribution in [1.82, 2.24) is 0 Å². The molecular weight excluding hydrogens is 209 g/mol. The van der Waals surface area contributed by atoms with E-state index in [1.807, 2.05) is 6.07 Å². The van der Waals surface area contributed by atoms with Crippen molar-refractivity contribution >= 4 is 11.8 Å². The average Bonchev–Trinajstić information content (AvgIpc) is 2.67. The maximum absolute atomic E-state index is 13.0. The second kappa shape index (κ2) is 4.24. The molecule has 0 radical (unpaired) electrons. The van der Waals surface area contributed by atoms with Gasteiger partial charge in [0, 0.05) is 6.42 Å². The molecule has 1 saturated heterocycles. The van der Waals surface area contributed by atoms with Gasteiger partial charge >= 0.3 is 0 Å². The van der Waals surface area contributed by atoms with E-state index < -0.39 is 0 Å². The molecule has 0 bridgehead atoms. The van der Waals surface area contributed by atoms with Crippen molar-refractivity contribution in [2.75, 3.05) is 5.75 Å². The third kappa shape index (κ3) is 2.32. The maximum Gasteiger partial charge on any atom is 0.123 e.